The number of fused-ring (bicyclic) bond motifs is 1. The number of rotatable bonds is 3. The molecular weight excluding hydrogens is 304 g/mol. The molecule has 3 heterocycles. The molecule has 3 aliphatic heterocycles. The Morgan fingerprint density at radius 2 is 1.74 bits per heavy atom. The van der Waals surface area contributed by atoms with Gasteiger partial charge >= 0.3 is 5.97 Å². The second-order valence-electron chi connectivity index (χ2n) is 7.63. The maximum absolute atomic E-state index is 11.3. The first-order chi connectivity index (χ1) is 10.5. The van der Waals surface area contributed by atoms with E-state index in [2.05, 4.69) is 0 Å². The van der Waals surface area contributed by atoms with Crippen LogP contribution >= 0.6 is 0 Å². The number of carbonyl (C=O) groups excluding carboxylic acids is 1. The van der Waals surface area contributed by atoms with Gasteiger partial charge in [-0.2, -0.15) is 0 Å². The van der Waals surface area contributed by atoms with Crippen LogP contribution in [-0.4, -0.2) is 55.4 Å². The average molecular weight is 330 g/mol. The number of ether oxygens (including phenoxy) is 6. The molecule has 5 unspecified atom stereocenters. The third-order valence-electron chi connectivity index (χ3n) is 4.59. The molecule has 132 valence electrons. The second kappa shape index (κ2) is 5.39. The highest BCUT2D eigenvalue weighted by Crippen LogP contribution is 2.50. The highest BCUT2D eigenvalue weighted by molar-refractivity contribution is 5.65. The second-order valence-corrected chi connectivity index (χ2v) is 7.63. The van der Waals surface area contributed by atoms with Gasteiger partial charge in [0.05, 0.1) is 12.0 Å². The zero-order valence-electron chi connectivity index (χ0n) is 14.6. The first-order valence-electron chi connectivity index (χ1n) is 7.99. The highest BCUT2D eigenvalue weighted by atomic mass is 16.8. The largest absolute Gasteiger partial charge is 0.465 e. The van der Waals surface area contributed by atoms with Gasteiger partial charge in [-0.25, -0.2) is 0 Å². The molecule has 0 saturated carbocycles. The van der Waals surface area contributed by atoms with Crippen molar-refractivity contribution in [2.24, 2.45) is 5.41 Å². The van der Waals surface area contributed by atoms with Crippen molar-refractivity contribution >= 4 is 5.97 Å². The Balaban J connectivity index is 1.83. The van der Waals surface area contributed by atoms with E-state index < -0.39 is 23.3 Å². The van der Waals surface area contributed by atoms with E-state index in [4.69, 9.17) is 28.4 Å². The van der Waals surface area contributed by atoms with Gasteiger partial charge in [0.25, 0.3) is 0 Å². The summed E-state index contributed by atoms with van der Waals surface area (Å²) in [6, 6.07) is 0. The van der Waals surface area contributed by atoms with E-state index in [9.17, 15) is 4.79 Å². The lowest BCUT2D eigenvalue weighted by Crippen LogP contribution is -2.49. The zero-order valence-corrected chi connectivity index (χ0v) is 14.6. The van der Waals surface area contributed by atoms with Crippen molar-refractivity contribution in [3.8, 4) is 0 Å². The third kappa shape index (κ3) is 3.13. The van der Waals surface area contributed by atoms with E-state index in [-0.39, 0.29) is 30.9 Å². The van der Waals surface area contributed by atoms with E-state index in [0.29, 0.717) is 6.61 Å². The van der Waals surface area contributed by atoms with Gasteiger partial charge in [-0.1, -0.05) is 6.92 Å². The fourth-order valence-corrected chi connectivity index (χ4v) is 3.54. The molecule has 0 N–H and O–H groups in total. The summed E-state index contributed by atoms with van der Waals surface area (Å²) in [5.74, 6) is -1.73. The summed E-state index contributed by atoms with van der Waals surface area (Å²) in [5.41, 5.74) is -0.585. The molecule has 0 aliphatic carbocycles. The molecule has 0 aromatic carbocycles. The van der Waals surface area contributed by atoms with Crippen molar-refractivity contribution in [2.45, 2.75) is 77.7 Å². The summed E-state index contributed by atoms with van der Waals surface area (Å²) >= 11 is 0. The standard InChI is InChI=1S/C16H26O7/c1-9(17)18-8-16(6)11(10-7-19-14(2,3)21-10)20-13-12(16)22-15(4,5)23-13/h10-13H,7-8H2,1-6H3. The first kappa shape index (κ1) is 17.1. The predicted molar refractivity (Wildman–Crippen MR) is 78.3 cm³/mol. The fourth-order valence-electron chi connectivity index (χ4n) is 3.54. The van der Waals surface area contributed by atoms with E-state index >= 15 is 0 Å². The van der Waals surface area contributed by atoms with E-state index in [1.165, 1.54) is 6.92 Å². The summed E-state index contributed by atoms with van der Waals surface area (Å²) in [5, 5.41) is 0. The lowest BCUT2D eigenvalue weighted by Gasteiger charge is -2.36. The molecule has 23 heavy (non-hydrogen) atoms. The van der Waals surface area contributed by atoms with Crippen molar-refractivity contribution < 1.29 is 33.2 Å². The van der Waals surface area contributed by atoms with Crippen LogP contribution in [0.5, 0.6) is 0 Å². The lowest BCUT2D eigenvalue weighted by atomic mass is 9.79. The van der Waals surface area contributed by atoms with Gasteiger partial charge < -0.3 is 28.4 Å². The van der Waals surface area contributed by atoms with Crippen LogP contribution in [0.1, 0.15) is 41.5 Å². The van der Waals surface area contributed by atoms with Crippen LogP contribution in [0.25, 0.3) is 0 Å². The van der Waals surface area contributed by atoms with E-state index in [1.807, 2.05) is 34.6 Å². The average Bonchev–Trinajstić information content (AvgIpc) is 2.99. The zero-order chi connectivity index (χ0) is 17.0. The minimum absolute atomic E-state index is 0.174. The smallest absolute Gasteiger partial charge is 0.302 e. The van der Waals surface area contributed by atoms with Crippen LogP contribution < -0.4 is 0 Å². The van der Waals surface area contributed by atoms with Gasteiger partial charge in [-0.05, 0) is 27.7 Å². The number of hydrogen-bond donors (Lipinski definition) is 0. The Hall–Kier alpha value is -0.730. The Morgan fingerprint density at radius 3 is 2.30 bits per heavy atom. The molecule has 3 rings (SSSR count). The van der Waals surface area contributed by atoms with E-state index in [0.717, 1.165) is 0 Å². The molecule has 3 aliphatic rings. The molecule has 0 spiro atoms. The van der Waals surface area contributed by atoms with Crippen LogP contribution in [0.15, 0.2) is 0 Å². The molecule has 0 aromatic heterocycles. The van der Waals surface area contributed by atoms with Gasteiger partial charge in [-0.15, -0.1) is 0 Å². The number of esters is 1. The van der Waals surface area contributed by atoms with Gasteiger partial charge in [-0.3, -0.25) is 4.79 Å². The van der Waals surface area contributed by atoms with Gasteiger partial charge in [0.2, 0.25) is 0 Å². The van der Waals surface area contributed by atoms with Gasteiger partial charge in [0.1, 0.15) is 24.9 Å². The molecule has 7 nitrogen and oxygen atoms in total. The molecule has 7 heteroatoms. The van der Waals surface area contributed by atoms with Crippen molar-refractivity contribution in [3.05, 3.63) is 0 Å². The summed E-state index contributed by atoms with van der Waals surface area (Å²) < 4.78 is 34.9. The summed E-state index contributed by atoms with van der Waals surface area (Å²) in [7, 11) is 0. The molecule has 3 saturated heterocycles. The fraction of sp³-hybridized carbons (Fsp3) is 0.938. The van der Waals surface area contributed by atoms with Gasteiger partial charge in [0, 0.05) is 6.92 Å². The number of carbonyl (C=O) groups is 1. The maximum atomic E-state index is 11.3. The van der Waals surface area contributed by atoms with Crippen LogP contribution in [0, 0.1) is 5.41 Å². The van der Waals surface area contributed by atoms with Crippen molar-refractivity contribution in [1.29, 1.82) is 0 Å². The van der Waals surface area contributed by atoms with Crippen molar-refractivity contribution in [1.82, 2.24) is 0 Å². The summed E-state index contributed by atoms with van der Waals surface area (Å²) in [6.45, 7) is 11.4. The Labute approximate surface area is 136 Å². The molecule has 0 radical (unpaired) electrons. The Bertz CT molecular complexity index is 489. The normalized spacial score (nSPS) is 44.3. The van der Waals surface area contributed by atoms with Crippen LogP contribution in [0.4, 0.5) is 0 Å². The van der Waals surface area contributed by atoms with Crippen LogP contribution in [-0.2, 0) is 33.2 Å². The summed E-state index contributed by atoms with van der Waals surface area (Å²) in [4.78, 5) is 11.3. The lowest BCUT2D eigenvalue weighted by molar-refractivity contribution is -0.239. The SMILES string of the molecule is CC(=O)OCC1(C)C(C2COC(C)(C)O2)OC2OC(C)(C)OC21. The Morgan fingerprint density at radius 1 is 1.04 bits per heavy atom. The number of hydrogen-bond acceptors (Lipinski definition) is 7. The molecule has 0 bridgehead atoms. The molecular formula is C16H26O7. The molecule has 3 fully saturated rings. The minimum atomic E-state index is -0.732. The quantitative estimate of drug-likeness (QED) is 0.728. The maximum Gasteiger partial charge on any atom is 0.302 e. The molecule has 5 atom stereocenters. The predicted octanol–water partition coefficient (Wildman–Crippen LogP) is 1.58. The highest BCUT2D eigenvalue weighted by Gasteiger charge is 2.64. The van der Waals surface area contributed by atoms with Crippen molar-refractivity contribution in [2.75, 3.05) is 13.2 Å². The topological polar surface area (TPSA) is 72.5 Å². The minimum Gasteiger partial charge on any atom is -0.465 e. The van der Waals surface area contributed by atoms with Crippen molar-refractivity contribution in [3.63, 3.8) is 0 Å². The molecule has 0 aromatic rings. The monoisotopic (exact) mass is 330 g/mol. The summed E-state index contributed by atoms with van der Waals surface area (Å²) in [6.07, 6.45) is -1.47. The van der Waals surface area contributed by atoms with Crippen LogP contribution in [0.2, 0.25) is 0 Å². The van der Waals surface area contributed by atoms with E-state index in [1.54, 1.807) is 0 Å². The van der Waals surface area contributed by atoms with Crippen LogP contribution in [0.3, 0.4) is 0 Å². The first-order valence-corrected chi connectivity index (χ1v) is 7.99. The third-order valence-corrected chi connectivity index (χ3v) is 4.59. The van der Waals surface area contributed by atoms with Gasteiger partial charge in [0.15, 0.2) is 17.9 Å². The Kier molecular flexibility index (Phi) is 4.01. The molecule has 0 amide bonds.